The van der Waals surface area contributed by atoms with E-state index in [1.807, 2.05) is 0 Å². The first kappa shape index (κ1) is 10.4. The maximum absolute atomic E-state index is 8.43. The Bertz CT molecular complexity index is 272. The largest absolute Gasteiger partial charge is 0.284 e. The van der Waals surface area contributed by atoms with E-state index in [2.05, 4.69) is 27.3 Å². The molecule has 2 saturated heterocycles. The Labute approximate surface area is 89.9 Å². The van der Waals surface area contributed by atoms with Crippen LogP contribution in [0.3, 0.4) is 0 Å². The van der Waals surface area contributed by atoms with E-state index in [0.717, 1.165) is 26.2 Å². The summed E-state index contributed by atoms with van der Waals surface area (Å²) in [4.78, 5) is 4.51. The summed E-state index contributed by atoms with van der Waals surface area (Å²) in [5.41, 5.74) is 0. The van der Waals surface area contributed by atoms with Crippen molar-refractivity contribution in [1.82, 2.24) is 15.1 Å². The van der Waals surface area contributed by atoms with Gasteiger partial charge in [0.1, 0.15) is 0 Å². The van der Waals surface area contributed by atoms with Crippen molar-refractivity contribution >= 4 is 0 Å². The van der Waals surface area contributed by atoms with E-state index < -0.39 is 0 Å². The normalized spacial score (nSPS) is 36.7. The van der Waals surface area contributed by atoms with Crippen LogP contribution in [0.1, 0.15) is 12.8 Å². The predicted octanol–water partition coefficient (Wildman–Crippen LogP) is -0.313. The average Bonchev–Trinajstić information content (AvgIpc) is 3.13. The van der Waals surface area contributed by atoms with Gasteiger partial charge < -0.3 is 0 Å². The molecule has 0 aromatic heterocycles. The maximum atomic E-state index is 8.43. The van der Waals surface area contributed by atoms with Gasteiger partial charge in [-0.25, -0.2) is 0 Å². The zero-order valence-electron chi connectivity index (χ0n) is 8.69. The smallest absolute Gasteiger partial charge is 0.0742 e. The number of nitrogens with zero attached hydrogens (tertiary/aromatic N) is 4. The van der Waals surface area contributed by atoms with Crippen LogP contribution in [-0.2, 0) is 0 Å². The van der Waals surface area contributed by atoms with Crippen LogP contribution in [0.15, 0.2) is 0 Å². The van der Waals surface area contributed by atoms with E-state index in [9.17, 15) is 0 Å². The summed E-state index contributed by atoms with van der Waals surface area (Å²) < 4.78 is 0. The van der Waals surface area contributed by atoms with Gasteiger partial charge in [0, 0.05) is 39.0 Å². The molecule has 0 amide bonds. The third-order valence-electron chi connectivity index (χ3n) is 2.84. The van der Waals surface area contributed by atoms with Gasteiger partial charge >= 0.3 is 0 Å². The summed E-state index contributed by atoms with van der Waals surface area (Å²) in [5, 5.41) is 20.3. The van der Waals surface area contributed by atoms with Crippen molar-refractivity contribution in [2.75, 3.05) is 26.2 Å². The first-order valence-electron chi connectivity index (χ1n) is 5.33. The molecule has 0 radical (unpaired) electrons. The highest BCUT2D eigenvalue weighted by Crippen LogP contribution is 2.21. The molecule has 4 unspecified atom stereocenters. The van der Waals surface area contributed by atoms with Gasteiger partial charge in [0.25, 0.3) is 0 Å². The third-order valence-corrected chi connectivity index (χ3v) is 2.84. The molecule has 1 N–H and O–H groups in total. The van der Waals surface area contributed by atoms with Gasteiger partial charge in [0.2, 0.25) is 0 Å². The monoisotopic (exact) mass is 205 g/mol. The quantitative estimate of drug-likeness (QED) is 0.602. The van der Waals surface area contributed by atoms with Crippen LogP contribution in [-0.4, -0.2) is 48.3 Å². The van der Waals surface area contributed by atoms with Gasteiger partial charge in [-0.1, -0.05) is 0 Å². The van der Waals surface area contributed by atoms with E-state index in [1.54, 1.807) is 0 Å². The van der Waals surface area contributed by atoms with Crippen LogP contribution >= 0.6 is 0 Å². The van der Waals surface area contributed by atoms with Crippen LogP contribution < -0.4 is 5.32 Å². The minimum absolute atomic E-state index is 0.468. The lowest BCUT2D eigenvalue weighted by molar-refractivity contribution is 0.415. The van der Waals surface area contributed by atoms with Gasteiger partial charge in [-0.15, -0.1) is 0 Å². The summed E-state index contributed by atoms with van der Waals surface area (Å²) >= 11 is 0. The fourth-order valence-corrected chi connectivity index (χ4v) is 1.77. The average molecular weight is 205 g/mol. The molecule has 2 fully saturated rings. The Hall–Kier alpha value is -1.14. The molecule has 5 heteroatoms. The first-order chi connectivity index (χ1) is 7.35. The van der Waals surface area contributed by atoms with Crippen molar-refractivity contribution in [1.29, 1.82) is 10.5 Å². The zero-order chi connectivity index (χ0) is 10.7. The minimum Gasteiger partial charge on any atom is -0.284 e. The van der Waals surface area contributed by atoms with Crippen molar-refractivity contribution in [3.8, 4) is 12.1 Å². The topological polar surface area (TPSA) is 65.6 Å². The van der Waals surface area contributed by atoms with E-state index >= 15 is 0 Å². The summed E-state index contributed by atoms with van der Waals surface area (Å²) in [6.45, 7) is 3.87. The second-order valence-corrected chi connectivity index (χ2v) is 4.00. The fraction of sp³-hybridized carbons (Fsp3) is 0.800. The fourth-order valence-electron chi connectivity index (χ4n) is 1.77. The Morgan fingerprint density at radius 2 is 1.47 bits per heavy atom. The predicted molar refractivity (Wildman–Crippen MR) is 54.3 cm³/mol. The molecule has 5 nitrogen and oxygen atoms in total. The van der Waals surface area contributed by atoms with Gasteiger partial charge in [-0.2, -0.15) is 10.5 Å². The highest BCUT2D eigenvalue weighted by molar-refractivity contribution is 4.97. The van der Waals surface area contributed by atoms with Crippen molar-refractivity contribution in [3.63, 3.8) is 0 Å². The molecule has 0 aromatic rings. The van der Waals surface area contributed by atoms with Crippen LogP contribution in [0.4, 0.5) is 0 Å². The van der Waals surface area contributed by atoms with Crippen LogP contribution in [0.2, 0.25) is 0 Å². The van der Waals surface area contributed by atoms with E-state index in [1.165, 1.54) is 0 Å². The molecule has 2 rings (SSSR count). The number of rotatable bonds is 6. The lowest BCUT2D eigenvalue weighted by Gasteiger charge is -2.03. The van der Waals surface area contributed by atoms with Crippen LogP contribution in [0.5, 0.6) is 0 Å². The van der Waals surface area contributed by atoms with Crippen molar-refractivity contribution < 1.29 is 0 Å². The molecule has 2 aliphatic rings. The standard InChI is InChI=1S/C10H15N5/c11-3-1-5-14-7-9(14)13-10-8-15(10)6-2-4-12/h9-10,13H,1-2,5-8H2. The molecule has 0 saturated carbocycles. The molecule has 4 atom stereocenters. The van der Waals surface area contributed by atoms with Crippen LogP contribution in [0.25, 0.3) is 0 Å². The Kier molecular flexibility index (Phi) is 3.17. The SMILES string of the molecule is N#CCCN1CC1NC1CN1CCC#N. The van der Waals surface area contributed by atoms with Gasteiger partial charge in [0.05, 0.1) is 24.5 Å². The zero-order valence-corrected chi connectivity index (χ0v) is 8.69. The number of hydrogen-bond acceptors (Lipinski definition) is 5. The molecule has 0 aromatic carbocycles. The van der Waals surface area contributed by atoms with Gasteiger partial charge in [-0.3, -0.25) is 15.1 Å². The molecular weight excluding hydrogens is 190 g/mol. The Morgan fingerprint density at radius 3 is 1.87 bits per heavy atom. The molecule has 2 heterocycles. The molecular formula is C10H15N5. The van der Waals surface area contributed by atoms with E-state index in [4.69, 9.17) is 10.5 Å². The van der Waals surface area contributed by atoms with Crippen molar-refractivity contribution in [3.05, 3.63) is 0 Å². The lowest BCUT2D eigenvalue weighted by atomic mass is 10.5. The van der Waals surface area contributed by atoms with Crippen molar-refractivity contribution in [2.24, 2.45) is 0 Å². The molecule has 80 valence electrons. The van der Waals surface area contributed by atoms with E-state index in [-0.39, 0.29) is 0 Å². The number of nitriles is 2. The molecule has 2 aliphatic heterocycles. The lowest BCUT2D eigenvalue weighted by Crippen LogP contribution is -2.28. The first-order valence-corrected chi connectivity index (χ1v) is 5.33. The second-order valence-electron chi connectivity index (χ2n) is 4.00. The highest BCUT2D eigenvalue weighted by atomic mass is 15.5. The molecule has 15 heavy (non-hydrogen) atoms. The highest BCUT2D eigenvalue weighted by Gasteiger charge is 2.41. The van der Waals surface area contributed by atoms with Gasteiger partial charge in [0.15, 0.2) is 0 Å². The van der Waals surface area contributed by atoms with Crippen molar-refractivity contribution in [2.45, 2.75) is 25.2 Å². The summed E-state index contributed by atoms with van der Waals surface area (Å²) in [5.74, 6) is 0. The molecule has 0 aliphatic carbocycles. The third kappa shape index (κ3) is 2.90. The molecule has 0 spiro atoms. The Balaban J connectivity index is 1.54. The maximum Gasteiger partial charge on any atom is 0.0742 e. The number of nitrogens with one attached hydrogen (secondary N) is 1. The summed E-state index contributed by atoms with van der Waals surface area (Å²) in [6.07, 6.45) is 2.16. The molecule has 0 bridgehead atoms. The summed E-state index contributed by atoms with van der Waals surface area (Å²) in [7, 11) is 0. The van der Waals surface area contributed by atoms with E-state index in [0.29, 0.717) is 25.2 Å². The number of hydrogen-bond donors (Lipinski definition) is 1. The Morgan fingerprint density at radius 1 is 1.00 bits per heavy atom. The summed E-state index contributed by atoms with van der Waals surface area (Å²) in [6, 6.07) is 4.30. The minimum atomic E-state index is 0.468. The van der Waals surface area contributed by atoms with Gasteiger partial charge in [-0.05, 0) is 0 Å². The second kappa shape index (κ2) is 4.59. The van der Waals surface area contributed by atoms with Crippen LogP contribution in [0, 0.1) is 22.7 Å².